The van der Waals surface area contributed by atoms with Crippen molar-refractivity contribution in [3.63, 3.8) is 0 Å². The SMILES string of the molecule is Cc1[nH]c2ccccc2c1C(Nc1cccc[nH+]1)c1ccccc1Cl. The molecule has 0 saturated carbocycles. The molecule has 0 amide bonds. The summed E-state index contributed by atoms with van der Waals surface area (Å²) in [7, 11) is 0. The molecule has 4 rings (SSSR count). The van der Waals surface area contributed by atoms with E-state index in [1.54, 1.807) is 0 Å². The van der Waals surface area contributed by atoms with Gasteiger partial charge in [0.1, 0.15) is 6.04 Å². The van der Waals surface area contributed by atoms with E-state index in [0.29, 0.717) is 0 Å². The number of rotatable bonds is 4. The molecule has 0 radical (unpaired) electrons. The zero-order valence-electron chi connectivity index (χ0n) is 13.9. The molecule has 1 atom stereocenters. The van der Waals surface area contributed by atoms with Gasteiger partial charge in [0.2, 0.25) is 0 Å². The van der Waals surface area contributed by atoms with Crippen molar-refractivity contribution in [2.75, 3.05) is 5.32 Å². The monoisotopic (exact) mass is 348 g/mol. The van der Waals surface area contributed by atoms with Crippen LogP contribution in [-0.2, 0) is 0 Å². The smallest absolute Gasteiger partial charge is 0.272 e. The van der Waals surface area contributed by atoms with Gasteiger partial charge < -0.3 is 4.98 Å². The van der Waals surface area contributed by atoms with Crippen LogP contribution in [0.15, 0.2) is 72.9 Å². The van der Waals surface area contributed by atoms with Crippen LogP contribution in [0.4, 0.5) is 5.82 Å². The first kappa shape index (κ1) is 15.7. The topological polar surface area (TPSA) is 42.0 Å². The molecule has 25 heavy (non-hydrogen) atoms. The second kappa shape index (κ2) is 6.61. The standard InChI is InChI=1S/C21H18ClN3/c1-14-20(16-9-3-5-11-18(16)24-14)21(15-8-2-4-10-17(15)22)25-19-12-6-7-13-23-19/h2-13,21,24H,1H3,(H,23,25)/p+1. The molecule has 124 valence electrons. The molecule has 0 aliphatic heterocycles. The highest BCUT2D eigenvalue weighted by Crippen LogP contribution is 2.36. The average molecular weight is 349 g/mol. The summed E-state index contributed by atoms with van der Waals surface area (Å²) in [5.41, 5.74) is 4.52. The number of H-pyrrole nitrogens is 2. The molecule has 3 nitrogen and oxygen atoms in total. The fraction of sp³-hybridized carbons (Fsp3) is 0.0952. The van der Waals surface area contributed by atoms with Crippen LogP contribution in [0.2, 0.25) is 5.02 Å². The van der Waals surface area contributed by atoms with Crippen molar-refractivity contribution in [2.45, 2.75) is 13.0 Å². The maximum atomic E-state index is 6.55. The van der Waals surface area contributed by atoms with E-state index in [9.17, 15) is 0 Å². The van der Waals surface area contributed by atoms with E-state index in [0.717, 1.165) is 27.6 Å². The maximum Gasteiger partial charge on any atom is 0.272 e. The molecule has 0 fully saturated rings. The summed E-state index contributed by atoms with van der Waals surface area (Å²) in [6.45, 7) is 2.11. The van der Waals surface area contributed by atoms with Crippen LogP contribution in [-0.4, -0.2) is 4.98 Å². The van der Waals surface area contributed by atoms with Crippen molar-refractivity contribution < 1.29 is 4.98 Å². The predicted molar refractivity (Wildman–Crippen MR) is 103 cm³/mol. The summed E-state index contributed by atoms with van der Waals surface area (Å²) in [6, 6.07) is 22.3. The number of aromatic amines is 2. The lowest BCUT2D eigenvalue weighted by atomic mass is 9.96. The van der Waals surface area contributed by atoms with Crippen molar-refractivity contribution in [1.29, 1.82) is 0 Å². The fourth-order valence-corrected chi connectivity index (χ4v) is 3.57. The van der Waals surface area contributed by atoms with Gasteiger partial charge in [0.05, 0.1) is 6.20 Å². The van der Waals surface area contributed by atoms with E-state index in [-0.39, 0.29) is 6.04 Å². The largest absolute Gasteiger partial charge is 0.358 e. The molecule has 0 spiro atoms. The summed E-state index contributed by atoms with van der Waals surface area (Å²) in [5.74, 6) is 0.942. The van der Waals surface area contributed by atoms with Crippen LogP contribution in [0, 0.1) is 6.92 Å². The first-order chi connectivity index (χ1) is 12.2. The number of para-hydroxylation sites is 1. The van der Waals surface area contributed by atoms with Crippen LogP contribution >= 0.6 is 11.6 Å². The Balaban J connectivity index is 1.91. The van der Waals surface area contributed by atoms with Crippen molar-refractivity contribution >= 4 is 28.3 Å². The Labute approximate surface area is 151 Å². The van der Waals surface area contributed by atoms with Crippen LogP contribution < -0.4 is 10.3 Å². The lowest BCUT2D eigenvalue weighted by Gasteiger charge is -2.17. The minimum atomic E-state index is -0.0662. The lowest BCUT2D eigenvalue weighted by molar-refractivity contribution is -0.361. The zero-order chi connectivity index (χ0) is 17.2. The van der Waals surface area contributed by atoms with E-state index in [1.807, 2.05) is 48.7 Å². The van der Waals surface area contributed by atoms with Gasteiger partial charge in [0, 0.05) is 38.8 Å². The van der Waals surface area contributed by atoms with Gasteiger partial charge in [-0.1, -0.05) is 54.1 Å². The maximum absolute atomic E-state index is 6.55. The predicted octanol–water partition coefficient (Wildman–Crippen LogP) is 5.15. The first-order valence-electron chi connectivity index (χ1n) is 8.29. The van der Waals surface area contributed by atoms with Gasteiger partial charge in [-0.15, -0.1) is 0 Å². The molecule has 0 aliphatic rings. The van der Waals surface area contributed by atoms with Gasteiger partial charge in [-0.25, -0.2) is 4.98 Å². The Bertz CT molecular complexity index is 1010. The molecule has 4 heteroatoms. The third-order valence-corrected chi connectivity index (χ3v) is 4.80. The molecule has 3 N–H and O–H groups in total. The second-order valence-electron chi connectivity index (χ2n) is 6.08. The number of nitrogens with one attached hydrogen (secondary N) is 3. The molecular formula is C21H19ClN3+. The van der Waals surface area contributed by atoms with Gasteiger partial charge >= 0.3 is 0 Å². The summed E-state index contributed by atoms with van der Waals surface area (Å²) in [4.78, 5) is 6.74. The molecule has 2 heterocycles. The number of benzene rings is 2. The van der Waals surface area contributed by atoms with Crippen LogP contribution in [0.1, 0.15) is 22.9 Å². The molecule has 4 aromatic rings. The highest BCUT2D eigenvalue weighted by Gasteiger charge is 2.26. The third-order valence-electron chi connectivity index (χ3n) is 4.46. The number of aryl methyl sites for hydroxylation is 1. The minimum absolute atomic E-state index is 0.0662. The van der Waals surface area contributed by atoms with E-state index in [1.165, 1.54) is 10.9 Å². The van der Waals surface area contributed by atoms with E-state index < -0.39 is 0 Å². The Kier molecular flexibility index (Phi) is 4.16. The first-order valence-corrected chi connectivity index (χ1v) is 8.67. The number of hydrogen-bond donors (Lipinski definition) is 2. The Hall–Kier alpha value is -2.78. The molecule has 2 aromatic carbocycles. The Morgan fingerprint density at radius 3 is 2.52 bits per heavy atom. The highest BCUT2D eigenvalue weighted by atomic mass is 35.5. The second-order valence-corrected chi connectivity index (χ2v) is 6.49. The van der Waals surface area contributed by atoms with Crippen LogP contribution in [0.25, 0.3) is 10.9 Å². The summed E-state index contributed by atoms with van der Waals surface area (Å²) < 4.78 is 0. The molecule has 1 unspecified atom stereocenters. The Morgan fingerprint density at radius 1 is 0.960 bits per heavy atom. The normalized spacial score (nSPS) is 12.2. The molecule has 0 saturated heterocycles. The number of pyridine rings is 1. The van der Waals surface area contributed by atoms with Gasteiger partial charge in [-0.05, 0) is 25.1 Å². The van der Waals surface area contributed by atoms with Crippen molar-refractivity contribution in [2.24, 2.45) is 0 Å². The lowest BCUT2D eigenvalue weighted by Crippen LogP contribution is -2.19. The third kappa shape index (κ3) is 2.99. The van der Waals surface area contributed by atoms with Crippen molar-refractivity contribution in [3.8, 4) is 0 Å². The number of aromatic nitrogens is 2. The number of fused-ring (bicyclic) bond motifs is 1. The van der Waals surface area contributed by atoms with E-state index >= 15 is 0 Å². The van der Waals surface area contributed by atoms with Gasteiger partial charge in [0.25, 0.3) is 5.82 Å². The number of anilines is 1. The highest BCUT2D eigenvalue weighted by molar-refractivity contribution is 6.31. The molecule has 0 bridgehead atoms. The van der Waals surface area contributed by atoms with Gasteiger partial charge in [-0.3, -0.25) is 5.32 Å². The van der Waals surface area contributed by atoms with Gasteiger partial charge in [0.15, 0.2) is 0 Å². The van der Waals surface area contributed by atoms with Crippen molar-refractivity contribution in [3.05, 3.63) is 94.8 Å². The number of hydrogen-bond acceptors (Lipinski definition) is 1. The quantitative estimate of drug-likeness (QED) is 0.526. The fourth-order valence-electron chi connectivity index (χ4n) is 3.32. The number of halogens is 1. The molecule has 2 aromatic heterocycles. The average Bonchev–Trinajstić information content (AvgIpc) is 2.97. The minimum Gasteiger partial charge on any atom is -0.358 e. The van der Waals surface area contributed by atoms with Gasteiger partial charge in [-0.2, -0.15) is 0 Å². The Morgan fingerprint density at radius 2 is 1.72 bits per heavy atom. The van der Waals surface area contributed by atoms with E-state index in [2.05, 4.69) is 46.5 Å². The van der Waals surface area contributed by atoms with Crippen LogP contribution in [0.5, 0.6) is 0 Å². The summed E-state index contributed by atoms with van der Waals surface area (Å²) in [6.07, 6.45) is 1.91. The van der Waals surface area contributed by atoms with Crippen molar-refractivity contribution in [1.82, 2.24) is 4.98 Å². The molecular weight excluding hydrogens is 330 g/mol. The summed E-state index contributed by atoms with van der Waals surface area (Å²) in [5, 5.41) is 5.56. The van der Waals surface area contributed by atoms with Crippen LogP contribution in [0.3, 0.4) is 0 Å². The zero-order valence-corrected chi connectivity index (χ0v) is 14.6. The summed E-state index contributed by atoms with van der Waals surface area (Å²) >= 11 is 6.55. The van der Waals surface area contributed by atoms with E-state index in [4.69, 9.17) is 11.6 Å². The molecule has 0 aliphatic carbocycles.